The topological polar surface area (TPSA) is 17.1 Å². The lowest BCUT2D eigenvalue weighted by Crippen LogP contribution is -2.04. The van der Waals surface area contributed by atoms with Crippen LogP contribution >= 0.6 is 38.5 Å². The normalized spacial score (nSPS) is 10.4. The van der Waals surface area contributed by atoms with Gasteiger partial charge in [0.2, 0.25) is 0 Å². The lowest BCUT2D eigenvalue weighted by Gasteiger charge is -2.05. The summed E-state index contributed by atoms with van der Waals surface area (Å²) in [6, 6.07) is 13.9. The Hall–Kier alpha value is -0.680. The number of hydrogen-bond acceptors (Lipinski definition) is 1. The smallest absolute Gasteiger partial charge is 0.168 e. The molecule has 0 spiro atoms. The number of ketones is 1. The number of carbonyl (C=O) groups excluding carboxylic acids is 1. The summed E-state index contributed by atoms with van der Waals surface area (Å²) in [5, 5.41) is 0. The fourth-order valence-corrected chi connectivity index (χ4v) is 2.66. The Morgan fingerprint density at radius 1 is 1.17 bits per heavy atom. The first-order valence-electron chi connectivity index (χ1n) is 5.60. The molecule has 0 saturated heterocycles. The van der Waals surface area contributed by atoms with Crippen molar-refractivity contribution >= 4 is 44.3 Å². The molecular weight excluding hydrogens is 403 g/mol. The van der Waals surface area contributed by atoms with E-state index in [-0.39, 0.29) is 5.78 Å². The van der Waals surface area contributed by atoms with Crippen molar-refractivity contribution in [3.8, 4) is 0 Å². The van der Waals surface area contributed by atoms with Crippen LogP contribution in [0.25, 0.3) is 0 Å². The molecule has 0 amide bonds. The van der Waals surface area contributed by atoms with Crippen LogP contribution in [0.5, 0.6) is 0 Å². The van der Waals surface area contributed by atoms with Crippen molar-refractivity contribution in [1.82, 2.24) is 0 Å². The van der Waals surface area contributed by atoms with Gasteiger partial charge in [0.1, 0.15) is 0 Å². The molecule has 0 N–H and O–H groups in total. The highest BCUT2D eigenvalue weighted by Crippen LogP contribution is 2.21. The van der Waals surface area contributed by atoms with Gasteiger partial charge in [0, 0.05) is 20.0 Å². The molecule has 2 aromatic rings. The van der Waals surface area contributed by atoms with Crippen molar-refractivity contribution in [2.45, 2.75) is 13.3 Å². The van der Waals surface area contributed by atoms with Gasteiger partial charge in [-0.15, -0.1) is 0 Å². The first-order valence-corrected chi connectivity index (χ1v) is 7.47. The van der Waals surface area contributed by atoms with Crippen LogP contribution in [-0.2, 0) is 6.42 Å². The molecule has 0 aliphatic heterocycles. The number of halogens is 2. The van der Waals surface area contributed by atoms with Crippen LogP contribution in [0.15, 0.2) is 46.9 Å². The third-order valence-electron chi connectivity index (χ3n) is 2.71. The molecule has 0 unspecified atom stereocenters. The van der Waals surface area contributed by atoms with Gasteiger partial charge in [0.05, 0.1) is 0 Å². The van der Waals surface area contributed by atoms with Gasteiger partial charge in [-0.2, -0.15) is 0 Å². The Balaban J connectivity index is 2.21. The summed E-state index contributed by atoms with van der Waals surface area (Å²) in [4.78, 5) is 12.2. The number of Topliss-reactive ketones (excluding diaryl/α,β-unsaturated/α-hetero) is 1. The second-order valence-corrected chi connectivity index (χ2v) is 6.31. The Bertz CT molecular complexity index is 576. The molecule has 3 heteroatoms. The average molecular weight is 415 g/mol. The van der Waals surface area contributed by atoms with Gasteiger partial charge in [-0.25, -0.2) is 0 Å². The molecule has 0 heterocycles. The highest BCUT2D eigenvalue weighted by atomic mass is 127. The van der Waals surface area contributed by atoms with Gasteiger partial charge in [0.25, 0.3) is 0 Å². The van der Waals surface area contributed by atoms with E-state index in [1.165, 1.54) is 5.56 Å². The number of aryl methyl sites for hydroxylation is 1. The third-order valence-corrected chi connectivity index (χ3v) is 4.08. The maximum Gasteiger partial charge on any atom is 0.168 e. The monoisotopic (exact) mass is 414 g/mol. The van der Waals surface area contributed by atoms with Crippen molar-refractivity contribution < 1.29 is 4.79 Å². The summed E-state index contributed by atoms with van der Waals surface area (Å²) in [6.45, 7) is 2.04. The summed E-state index contributed by atoms with van der Waals surface area (Å²) >= 11 is 5.65. The van der Waals surface area contributed by atoms with Crippen LogP contribution < -0.4 is 0 Å². The second kappa shape index (κ2) is 5.97. The number of hydrogen-bond donors (Lipinski definition) is 0. The molecule has 18 heavy (non-hydrogen) atoms. The van der Waals surface area contributed by atoms with Crippen molar-refractivity contribution in [2.24, 2.45) is 0 Å². The van der Waals surface area contributed by atoms with E-state index in [0.29, 0.717) is 6.42 Å². The quantitative estimate of drug-likeness (QED) is 0.521. The highest BCUT2D eigenvalue weighted by molar-refractivity contribution is 14.1. The van der Waals surface area contributed by atoms with Gasteiger partial charge < -0.3 is 0 Å². The zero-order valence-corrected chi connectivity index (χ0v) is 13.7. The third kappa shape index (κ3) is 3.42. The zero-order valence-electron chi connectivity index (χ0n) is 9.91. The van der Waals surface area contributed by atoms with Crippen molar-refractivity contribution in [3.63, 3.8) is 0 Å². The lowest BCUT2D eigenvalue weighted by molar-refractivity contribution is 0.0992. The maximum absolute atomic E-state index is 12.2. The van der Waals surface area contributed by atoms with E-state index in [4.69, 9.17) is 0 Å². The Labute approximate surface area is 129 Å². The summed E-state index contributed by atoms with van der Waals surface area (Å²) in [7, 11) is 0. The molecule has 0 atom stereocenters. The van der Waals surface area contributed by atoms with Crippen molar-refractivity contribution in [2.75, 3.05) is 0 Å². The van der Waals surface area contributed by atoms with Gasteiger partial charge in [-0.05, 0) is 53.3 Å². The first kappa shape index (κ1) is 13.7. The highest BCUT2D eigenvalue weighted by Gasteiger charge is 2.11. The Morgan fingerprint density at radius 2 is 1.83 bits per heavy atom. The van der Waals surface area contributed by atoms with E-state index >= 15 is 0 Å². The van der Waals surface area contributed by atoms with Gasteiger partial charge in [-0.1, -0.05) is 45.8 Å². The summed E-state index contributed by atoms with van der Waals surface area (Å²) in [5.41, 5.74) is 3.01. The van der Waals surface area contributed by atoms with E-state index in [1.54, 1.807) is 0 Å². The van der Waals surface area contributed by atoms with Crippen LogP contribution in [-0.4, -0.2) is 5.78 Å². The second-order valence-electron chi connectivity index (χ2n) is 4.21. The summed E-state index contributed by atoms with van der Waals surface area (Å²) < 4.78 is 1.93. The molecule has 0 aromatic heterocycles. The molecule has 2 aromatic carbocycles. The number of benzene rings is 2. The molecule has 1 nitrogen and oxygen atoms in total. The lowest BCUT2D eigenvalue weighted by atomic mass is 10.0. The molecular formula is C15H12BrIO. The Morgan fingerprint density at radius 3 is 2.50 bits per heavy atom. The summed E-state index contributed by atoms with van der Waals surface area (Å²) in [5.74, 6) is 0.143. The predicted molar refractivity (Wildman–Crippen MR) is 86.1 cm³/mol. The SMILES string of the molecule is Cc1ccc(CC(=O)c2cc(I)ccc2Br)cc1. The number of carbonyl (C=O) groups is 1. The van der Waals surface area contributed by atoms with E-state index in [0.717, 1.165) is 19.2 Å². The standard InChI is InChI=1S/C15H12BrIO/c1-10-2-4-11(5-3-10)8-15(18)13-9-12(17)6-7-14(13)16/h2-7,9H,8H2,1H3. The van der Waals surface area contributed by atoms with Crippen molar-refractivity contribution in [3.05, 3.63) is 67.2 Å². The maximum atomic E-state index is 12.2. The minimum absolute atomic E-state index is 0.143. The van der Waals surface area contributed by atoms with E-state index < -0.39 is 0 Å². The fraction of sp³-hybridized carbons (Fsp3) is 0.133. The van der Waals surface area contributed by atoms with Crippen LogP contribution in [0.2, 0.25) is 0 Å². The molecule has 0 aliphatic carbocycles. The van der Waals surface area contributed by atoms with Gasteiger partial charge >= 0.3 is 0 Å². The Kier molecular flexibility index (Phi) is 4.56. The first-order chi connectivity index (χ1) is 8.56. The van der Waals surface area contributed by atoms with Crippen molar-refractivity contribution in [1.29, 1.82) is 0 Å². The van der Waals surface area contributed by atoms with Crippen LogP contribution in [0.1, 0.15) is 21.5 Å². The molecule has 2 rings (SSSR count). The molecule has 0 fully saturated rings. The summed E-state index contributed by atoms with van der Waals surface area (Å²) in [6.07, 6.45) is 0.443. The van der Waals surface area contributed by atoms with E-state index in [2.05, 4.69) is 38.5 Å². The van der Waals surface area contributed by atoms with Crippen LogP contribution in [0.3, 0.4) is 0 Å². The van der Waals surface area contributed by atoms with E-state index in [9.17, 15) is 4.79 Å². The predicted octanol–water partition coefficient (Wildman–Crippen LogP) is 4.79. The molecule has 92 valence electrons. The fourth-order valence-electron chi connectivity index (χ4n) is 1.70. The van der Waals surface area contributed by atoms with Crippen LogP contribution in [0.4, 0.5) is 0 Å². The molecule has 0 saturated carbocycles. The van der Waals surface area contributed by atoms with Crippen LogP contribution in [0, 0.1) is 10.5 Å². The van der Waals surface area contributed by atoms with E-state index in [1.807, 2.05) is 49.4 Å². The minimum atomic E-state index is 0.143. The molecule has 0 aliphatic rings. The van der Waals surface area contributed by atoms with Gasteiger partial charge in [-0.3, -0.25) is 4.79 Å². The molecule has 0 radical (unpaired) electrons. The zero-order chi connectivity index (χ0) is 13.1. The largest absolute Gasteiger partial charge is 0.294 e. The minimum Gasteiger partial charge on any atom is -0.294 e. The average Bonchev–Trinajstić information content (AvgIpc) is 2.35. The van der Waals surface area contributed by atoms with Gasteiger partial charge in [0.15, 0.2) is 5.78 Å². The molecule has 0 bridgehead atoms. The number of rotatable bonds is 3.